The van der Waals surface area contributed by atoms with Gasteiger partial charge in [0.2, 0.25) is 5.90 Å². The molecule has 6 heteroatoms. The highest BCUT2D eigenvalue weighted by Gasteiger charge is 2.22. The van der Waals surface area contributed by atoms with E-state index in [0.717, 1.165) is 5.56 Å². The molecule has 0 bridgehead atoms. The summed E-state index contributed by atoms with van der Waals surface area (Å²) in [6, 6.07) is 11.6. The van der Waals surface area contributed by atoms with Crippen LogP contribution in [0, 0.1) is 5.82 Å². The molecule has 0 saturated heterocycles. The van der Waals surface area contributed by atoms with Crippen molar-refractivity contribution in [1.82, 2.24) is 0 Å². The second-order valence-electron chi connectivity index (χ2n) is 5.08. The van der Waals surface area contributed by atoms with Crippen LogP contribution in [0.5, 0.6) is 5.75 Å². The normalized spacial score (nSPS) is 15.6. The van der Waals surface area contributed by atoms with Gasteiger partial charge in [-0.3, -0.25) is 0 Å². The average Bonchev–Trinajstić information content (AvgIpc) is 2.96. The molecule has 1 heterocycles. The van der Waals surface area contributed by atoms with Crippen LogP contribution in [0.1, 0.15) is 11.1 Å². The standard InChI is InChI=1S/C19H13ClFNO3/c1-24-17-8-3-2-5-12(17)9-10-18-22-16(19(23)25-18)11-13-14(20)6-4-7-15(13)21/h2-11H,1H3/b10-9+,16-11-. The molecule has 0 spiro atoms. The number of para-hydroxylation sites is 1. The smallest absolute Gasteiger partial charge is 0.363 e. The highest BCUT2D eigenvalue weighted by molar-refractivity contribution is 6.32. The SMILES string of the molecule is COc1ccccc1/C=C/C1=NC(=C\c2c(F)cccc2Cl)/C(=O)O1. The van der Waals surface area contributed by atoms with Crippen molar-refractivity contribution >= 4 is 35.6 Å². The van der Waals surface area contributed by atoms with Crippen molar-refractivity contribution in [2.45, 2.75) is 0 Å². The van der Waals surface area contributed by atoms with E-state index in [9.17, 15) is 9.18 Å². The van der Waals surface area contributed by atoms with Gasteiger partial charge >= 0.3 is 5.97 Å². The zero-order valence-electron chi connectivity index (χ0n) is 13.2. The Bertz CT molecular complexity index is 898. The summed E-state index contributed by atoms with van der Waals surface area (Å²) in [6.45, 7) is 0. The van der Waals surface area contributed by atoms with Crippen molar-refractivity contribution in [3.63, 3.8) is 0 Å². The average molecular weight is 358 g/mol. The van der Waals surface area contributed by atoms with Gasteiger partial charge in [0.25, 0.3) is 0 Å². The second kappa shape index (κ2) is 7.32. The quantitative estimate of drug-likeness (QED) is 0.598. The lowest BCUT2D eigenvalue weighted by Gasteiger charge is -2.02. The molecule has 1 aliphatic heterocycles. The molecule has 126 valence electrons. The Kier molecular flexibility index (Phi) is 4.95. The van der Waals surface area contributed by atoms with Crippen molar-refractivity contribution < 1.29 is 18.7 Å². The van der Waals surface area contributed by atoms with E-state index in [1.165, 1.54) is 24.3 Å². The minimum Gasteiger partial charge on any atom is -0.496 e. The molecule has 0 fully saturated rings. The zero-order chi connectivity index (χ0) is 17.8. The monoisotopic (exact) mass is 357 g/mol. The van der Waals surface area contributed by atoms with E-state index in [-0.39, 0.29) is 22.2 Å². The van der Waals surface area contributed by atoms with Gasteiger partial charge in [0, 0.05) is 17.2 Å². The predicted octanol–water partition coefficient (Wildman–Crippen LogP) is 4.50. The number of aliphatic imine (C=N–C) groups is 1. The number of hydrogen-bond acceptors (Lipinski definition) is 4. The van der Waals surface area contributed by atoms with Gasteiger partial charge in [-0.2, -0.15) is 0 Å². The van der Waals surface area contributed by atoms with Crippen molar-refractivity contribution in [3.05, 3.63) is 76.2 Å². The number of ether oxygens (including phenoxy) is 2. The number of esters is 1. The number of carbonyl (C=O) groups is 1. The van der Waals surface area contributed by atoms with Crippen LogP contribution in [-0.4, -0.2) is 19.0 Å². The fraction of sp³-hybridized carbons (Fsp3) is 0.0526. The number of carbonyl (C=O) groups excluding carboxylic acids is 1. The van der Waals surface area contributed by atoms with Gasteiger partial charge in [-0.05, 0) is 30.4 Å². The first kappa shape index (κ1) is 16.9. The van der Waals surface area contributed by atoms with Crippen LogP contribution < -0.4 is 4.74 Å². The first-order valence-electron chi connectivity index (χ1n) is 7.36. The molecule has 0 saturated carbocycles. The van der Waals surface area contributed by atoms with Crippen LogP contribution in [0.15, 0.2) is 59.2 Å². The van der Waals surface area contributed by atoms with Crippen molar-refractivity contribution in [2.24, 2.45) is 4.99 Å². The van der Waals surface area contributed by atoms with E-state index >= 15 is 0 Å². The summed E-state index contributed by atoms with van der Waals surface area (Å²) < 4.78 is 24.1. The van der Waals surface area contributed by atoms with Crippen LogP contribution >= 0.6 is 11.6 Å². The Balaban J connectivity index is 1.88. The minimum absolute atomic E-state index is 0.0216. The van der Waals surface area contributed by atoms with Gasteiger partial charge in [-0.1, -0.05) is 35.9 Å². The molecule has 0 aromatic heterocycles. The molecular weight excluding hydrogens is 345 g/mol. The summed E-state index contributed by atoms with van der Waals surface area (Å²) >= 11 is 5.95. The Labute approximate surface area is 148 Å². The molecule has 0 aliphatic carbocycles. The van der Waals surface area contributed by atoms with Crippen LogP contribution in [0.3, 0.4) is 0 Å². The lowest BCUT2D eigenvalue weighted by atomic mass is 10.2. The van der Waals surface area contributed by atoms with E-state index < -0.39 is 11.8 Å². The van der Waals surface area contributed by atoms with Crippen molar-refractivity contribution in [2.75, 3.05) is 7.11 Å². The van der Waals surface area contributed by atoms with E-state index in [1.54, 1.807) is 19.3 Å². The first-order chi connectivity index (χ1) is 12.1. The summed E-state index contributed by atoms with van der Waals surface area (Å²) in [7, 11) is 1.57. The van der Waals surface area contributed by atoms with Gasteiger partial charge in [-0.25, -0.2) is 14.2 Å². The van der Waals surface area contributed by atoms with E-state index in [1.807, 2.05) is 24.3 Å². The molecule has 4 nitrogen and oxygen atoms in total. The predicted molar refractivity (Wildman–Crippen MR) is 94.9 cm³/mol. The summed E-state index contributed by atoms with van der Waals surface area (Å²) in [4.78, 5) is 16.0. The molecule has 0 unspecified atom stereocenters. The van der Waals surface area contributed by atoms with Crippen LogP contribution in [0.2, 0.25) is 5.02 Å². The summed E-state index contributed by atoms with van der Waals surface area (Å²) in [5, 5.41) is 0.188. The van der Waals surface area contributed by atoms with E-state index in [0.29, 0.717) is 5.75 Å². The Morgan fingerprint density at radius 1 is 1.16 bits per heavy atom. The van der Waals surface area contributed by atoms with E-state index in [2.05, 4.69) is 4.99 Å². The van der Waals surface area contributed by atoms with Crippen LogP contribution in [0.4, 0.5) is 4.39 Å². The number of cyclic esters (lactones) is 1. The second-order valence-corrected chi connectivity index (χ2v) is 5.49. The fourth-order valence-corrected chi connectivity index (χ4v) is 2.46. The lowest BCUT2D eigenvalue weighted by Crippen LogP contribution is -2.01. The number of halogens is 2. The van der Waals surface area contributed by atoms with Crippen LogP contribution in [-0.2, 0) is 9.53 Å². The number of benzene rings is 2. The molecule has 1 aliphatic rings. The maximum atomic E-state index is 13.8. The Hall–Kier alpha value is -2.92. The van der Waals surface area contributed by atoms with Gasteiger partial charge in [0.05, 0.1) is 12.1 Å². The fourth-order valence-electron chi connectivity index (χ4n) is 2.25. The van der Waals surface area contributed by atoms with Crippen molar-refractivity contribution in [3.8, 4) is 5.75 Å². The van der Waals surface area contributed by atoms with Gasteiger partial charge in [-0.15, -0.1) is 0 Å². The highest BCUT2D eigenvalue weighted by Crippen LogP contribution is 2.25. The molecule has 0 atom stereocenters. The topological polar surface area (TPSA) is 47.9 Å². The number of nitrogens with zero attached hydrogens (tertiary/aromatic N) is 1. The largest absolute Gasteiger partial charge is 0.496 e. The zero-order valence-corrected chi connectivity index (χ0v) is 14.0. The van der Waals surface area contributed by atoms with Gasteiger partial charge in [0.1, 0.15) is 11.6 Å². The third kappa shape index (κ3) is 3.78. The first-order valence-corrected chi connectivity index (χ1v) is 7.74. The number of hydrogen-bond donors (Lipinski definition) is 0. The maximum absolute atomic E-state index is 13.8. The highest BCUT2D eigenvalue weighted by atomic mass is 35.5. The summed E-state index contributed by atoms with van der Waals surface area (Å²) in [6.07, 6.45) is 4.52. The lowest BCUT2D eigenvalue weighted by molar-refractivity contribution is -0.129. The maximum Gasteiger partial charge on any atom is 0.363 e. The number of rotatable bonds is 4. The Morgan fingerprint density at radius 2 is 1.96 bits per heavy atom. The molecular formula is C19H13ClFNO3. The van der Waals surface area contributed by atoms with Gasteiger partial charge < -0.3 is 9.47 Å². The third-order valence-corrected chi connectivity index (χ3v) is 3.79. The summed E-state index contributed by atoms with van der Waals surface area (Å²) in [5.74, 6) is -0.424. The third-order valence-electron chi connectivity index (χ3n) is 3.46. The Morgan fingerprint density at radius 3 is 2.72 bits per heavy atom. The molecule has 2 aromatic rings. The van der Waals surface area contributed by atoms with E-state index in [4.69, 9.17) is 21.1 Å². The summed E-state index contributed by atoms with van der Waals surface area (Å²) in [5.41, 5.74) is 0.875. The van der Waals surface area contributed by atoms with Gasteiger partial charge in [0.15, 0.2) is 5.70 Å². The van der Waals surface area contributed by atoms with Crippen LogP contribution in [0.25, 0.3) is 12.2 Å². The molecule has 3 rings (SSSR count). The minimum atomic E-state index is -0.668. The number of methoxy groups -OCH3 is 1. The molecule has 2 aromatic carbocycles. The molecule has 0 amide bonds. The molecule has 25 heavy (non-hydrogen) atoms. The van der Waals surface area contributed by atoms with Crippen molar-refractivity contribution in [1.29, 1.82) is 0 Å². The molecule has 0 radical (unpaired) electrons. The molecule has 0 N–H and O–H groups in total.